The van der Waals surface area contributed by atoms with Gasteiger partial charge in [0, 0.05) is 5.02 Å². The van der Waals surface area contributed by atoms with E-state index in [-0.39, 0.29) is 6.01 Å². The fraction of sp³-hybridized carbons (Fsp3) is 0.0625. The van der Waals surface area contributed by atoms with Crippen LogP contribution in [0, 0.1) is 0 Å². The second-order valence-corrected chi connectivity index (χ2v) is 7.09. The van der Waals surface area contributed by atoms with Crippen LogP contribution >= 0.6 is 35.0 Å². The number of halogens is 2. The molecule has 0 spiro atoms. The molecular formula is C16H12Cl2N6OS. The first-order valence-electron chi connectivity index (χ1n) is 7.50. The molecule has 26 heavy (non-hydrogen) atoms. The Labute approximate surface area is 162 Å². The summed E-state index contributed by atoms with van der Waals surface area (Å²) >= 11 is 13.4. The van der Waals surface area contributed by atoms with E-state index in [1.807, 2.05) is 24.3 Å². The Bertz CT molecular complexity index is 1050. The van der Waals surface area contributed by atoms with E-state index in [4.69, 9.17) is 33.8 Å². The summed E-state index contributed by atoms with van der Waals surface area (Å²) in [6.45, 7) is 0. The molecule has 2 aromatic heterocycles. The van der Waals surface area contributed by atoms with Crippen LogP contribution in [0.5, 0.6) is 11.8 Å². The quantitative estimate of drug-likeness (QED) is 0.379. The second kappa shape index (κ2) is 7.06. The maximum Gasteiger partial charge on any atom is 0.342 e. The molecule has 2 aromatic carbocycles. The number of para-hydroxylation sites is 2. The number of aromatic nitrogens is 5. The predicted octanol–water partition coefficient (Wildman–Crippen LogP) is 4.26. The van der Waals surface area contributed by atoms with Crippen molar-refractivity contribution in [3.8, 4) is 11.8 Å². The molecule has 3 N–H and O–H groups in total. The number of thioether (sulfide) groups is 1. The van der Waals surface area contributed by atoms with Crippen molar-refractivity contribution in [2.45, 2.75) is 10.9 Å². The third-order valence-electron chi connectivity index (χ3n) is 3.50. The molecule has 0 unspecified atom stereocenters. The molecule has 4 aromatic rings. The van der Waals surface area contributed by atoms with Gasteiger partial charge in [-0.15, -0.1) is 5.10 Å². The number of fused-ring (bicyclic) bond motifs is 1. The molecule has 132 valence electrons. The van der Waals surface area contributed by atoms with Crippen LogP contribution < -0.4 is 10.6 Å². The number of nitrogens with one attached hydrogen (secondary N) is 1. The van der Waals surface area contributed by atoms with Crippen LogP contribution in [0.15, 0.2) is 47.6 Å². The van der Waals surface area contributed by atoms with Crippen LogP contribution in [0.2, 0.25) is 10.0 Å². The minimum atomic E-state index is 0.126. The van der Waals surface area contributed by atoms with E-state index in [0.717, 1.165) is 16.9 Å². The number of H-pyrrole nitrogens is 1. The second-order valence-electron chi connectivity index (χ2n) is 5.30. The van der Waals surface area contributed by atoms with Gasteiger partial charge in [0.25, 0.3) is 0 Å². The number of rotatable bonds is 5. The van der Waals surface area contributed by atoms with Gasteiger partial charge in [0.15, 0.2) is 0 Å². The lowest BCUT2D eigenvalue weighted by Gasteiger charge is -2.06. The molecule has 0 aliphatic rings. The molecule has 7 nitrogen and oxygen atoms in total. The molecule has 0 aliphatic carbocycles. The number of imidazole rings is 1. The molecule has 0 radical (unpaired) electrons. The lowest BCUT2D eigenvalue weighted by atomic mass is 10.3. The van der Waals surface area contributed by atoms with E-state index < -0.39 is 0 Å². The Morgan fingerprint density at radius 2 is 2.00 bits per heavy atom. The minimum Gasteiger partial charge on any atom is -0.422 e. The lowest BCUT2D eigenvalue weighted by molar-refractivity contribution is 0.425. The van der Waals surface area contributed by atoms with Gasteiger partial charge in [0.1, 0.15) is 11.6 Å². The highest BCUT2D eigenvalue weighted by atomic mass is 35.5. The van der Waals surface area contributed by atoms with Gasteiger partial charge < -0.3 is 15.6 Å². The molecule has 2 heterocycles. The third kappa shape index (κ3) is 3.44. The number of nitrogens with zero attached hydrogens (tertiary/aromatic N) is 4. The fourth-order valence-electron chi connectivity index (χ4n) is 2.29. The monoisotopic (exact) mass is 406 g/mol. The average molecular weight is 407 g/mol. The summed E-state index contributed by atoms with van der Waals surface area (Å²) < 4.78 is 6.87. The number of benzene rings is 2. The largest absolute Gasteiger partial charge is 0.422 e. The Morgan fingerprint density at radius 3 is 2.81 bits per heavy atom. The highest BCUT2D eigenvalue weighted by Crippen LogP contribution is 2.31. The molecular weight excluding hydrogens is 395 g/mol. The summed E-state index contributed by atoms with van der Waals surface area (Å²) in [5, 5.41) is 9.36. The van der Waals surface area contributed by atoms with E-state index in [2.05, 4.69) is 20.2 Å². The summed E-state index contributed by atoms with van der Waals surface area (Å²) in [7, 11) is 0. The Balaban J connectivity index is 1.48. The maximum atomic E-state index is 6.09. The number of hydrogen-bond donors (Lipinski definition) is 2. The highest BCUT2D eigenvalue weighted by molar-refractivity contribution is 7.98. The first kappa shape index (κ1) is 17.0. The zero-order valence-corrected chi connectivity index (χ0v) is 15.5. The van der Waals surface area contributed by atoms with Crippen molar-refractivity contribution in [3.63, 3.8) is 0 Å². The van der Waals surface area contributed by atoms with E-state index in [0.29, 0.717) is 26.7 Å². The molecule has 0 saturated heterocycles. The van der Waals surface area contributed by atoms with Gasteiger partial charge in [-0.3, -0.25) is 0 Å². The van der Waals surface area contributed by atoms with Gasteiger partial charge in [-0.2, -0.15) is 4.68 Å². The fourth-order valence-corrected chi connectivity index (χ4v) is 3.46. The van der Waals surface area contributed by atoms with Gasteiger partial charge in [0.05, 0.1) is 21.8 Å². The Hall–Kier alpha value is -2.42. The van der Waals surface area contributed by atoms with Crippen molar-refractivity contribution < 1.29 is 4.74 Å². The molecule has 0 atom stereocenters. The summed E-state index contributed by atoms with van der Waals surface area (Å²) in [5.41, 5.74) is 1.90. The van der Waals surface area contributed by atoms with Gasteiger partial charge >= 0.3 is 6.01 Å². The zero-order chi connectivity index (χ0) is 18.1. The van der Waals surface area contributed by atoms with Crippen LogP contribution in [0.3, 0.4) is 0 Å². The van der Waals surface area contributed by atoms with Crippen LogP contribution in [-0.2, 0) is 5.75 Å². The summed E-state index contributed by atoms with van der Waals surface area (Å²) in [6.07, 6.45) is 0. The number of hydrogen-bond acceptors (Lipinski definition) is 6. The number of nitrogen functional groups attached to an aromatic ring is 1. The van der Waals surface area contributed by atoms with Gasteiger partial charge in [0.2, 0.25) is 5.16 Å². The van der Waals surface area contributed by atoms with Crippen molar-refractivity contribution >= 4 is 46.0 Å². The van der Waals surface area contributed by atoms with Crippen molar-refractivity contribution in [2.24, 2.45) is 0 Å². The maximum absolute atomic E-state index is 6.09. The number of aromatic amines is 1. The van der Waals surface area contributed by atoms with E-state index in [1.165, 1.54) is 16.4 Å². The summed E-state index contributed by atoms with van der Waals surface area (Å²) in [5.74, 6) is 7.79. The van der Waals surface area contributed by atoms with E-state index in [1.54, 1.807) is 18.2 Å². The normalized spacial score (nSPS) is 11.2. The van der Waals surface area contributed by atoms with Gasteiger partial charge in [-0.05, 0) is 30.3 Å². The topological polar surface area (TPSA) is 94.6 Å². The molecule has 10 heteroatoms. The number of nitrogens with two attached hydrogens (primary N) is 1. The molecule has 0 bridgehead atoms. The summed E-state index contributed by atoms with van der Waals surface area (Å²) in [6, 6.07) is 12.8. The smallest absolute Gasteiger partial charge is 0.342 e. The minimum absolute atomic E-state index is 0.126. The average Bonchev–Trinajstić information content (AvgIpc) is 3.19. The zero-order valence-electron chi connectivity index (χ0n) is 13.2. The van der Waals surface area contributed by atoms with Crippen LogP contribution in [-0.4, -0.2) is 24.8 Å². The molecule has 0 amide bonds. The Morgan fingerprint density at radius 1 is 1.15 bits per heavy atom. The highest BCUT2D eigenvalue weighted by Gasteiger charge is 2.15. The summed E-state index contributed by atoms with van der Waals surface area (Å²) in [4.78, 5) is 7.77. The van der Waals surface area contributed by atoms with Crippen LogP contribution in [0.1, 0.15) is 5.82 Å². The van der Waals surface area contributed by atoms with Crippen molar-refractivity contribution in [3.05, 3.63) is 58.3 Å². The third-order valence-corrected chi connectivity index (χ3v) is 4.99. The molecule has 0 fully saturated rings. The van der Waals surface area contributed by atoms with E-state index >= 15 is 0 Å². The first-order valence-corrected chi connectivity index (χ1v) is 9.24. The van der Waals surface area contributed by atoms with Crippen molar-refractivity contribution in [1.29, 1.82) is 0 Å². The molecule has 0 saturated carbocycles. The first-order chi connectivity index (χ1) is 12.6. The van der Waals surface area contributed by atoms with Crippen molar-refractivity contribution in [1.82, 2.24) is 24.8 Å². The van der Waals surface area contributed by atoms with Gasteiger partial charge in [-0.1, -0.05) is 52.2 Å². The molecule has 0 aliphatic heterocycles. The van der Waals surface area contributed by atoms with Crippen molar-refractivity contribution in [2.75, 3.05) is 5.84 Å². The van der Waals surface area contributed by atoms with E-state index in [9.17, 15) is 0 Å². The SMILES string of the molecule is Nn1c(Oc2ccc(Cl)cc2Cl)nnc1SCc1nc2ccccc2[nH]1. The van der Waals surface area contributed by atoms with Gasteiger partial charge in [-0.25, -0.2) is 4.98 Å². The predicted molar refractivity (Wildman–Crippen MR) is 102 cm³/mol. The molecule has 4 rings (SSSR count). The Kier molecular flexibility index (Phi) is 4.62. The number of ether oxygens (including phenoxy) is 1. The van der Waals surface area contributed by atoms with Crippen LogP contribution in [0.25, 0.3) is 11.0 Å². The standard InChI is InChI=1S/C16H12Cl2N6OS/c17-9-5-6-13(10(18)7-9)25-15-22-23-16(24(15)19)26-8-14-20-11-3-1-2-4-12(11)21-14/h1-7H,8,19H2,(H,20,21). The van der Waals surface area contributed by atoms with Crippen LogP contribution in [0.4, 0.5) is 0 Å². The lowest BCUT2D eigenvalue weighted by Crippen LogP contribution is -2.11.